The van der Waals surface area contributed by atoms with Crippen molar-refractivity contribution in [1.82, 2.24) is 10.1 Å². The Morgan fingerprint density at radius 2 is 2.30 bits per heavy atom. The van der Waals surface area contributed by atoms with Crippen LogP contribution in [0, 0.1) is 11.3 Å². The molecule has 138 valence electrons. The second kappa shape index (κ2) is 8.79. The van der Waals surface area contributed by atoms with Gasteiger partial charge in [0.25, 0.3) is 0 Å². The van der Waals surface area contributed by atoms with Crippen LogP contribution in [0.3, 0.4) is 0 Å². The van der Waals surface area contributed by atoms with Crippen LogP contribution in [0.2, 0.25) is 0 Å². The number of carbonyl (C=O) groups is 1. The van der Waals surface area contributed by atoms with Gasteiger partial charge in [0.2, 0.25) is 11.7 Å². The lowest BCUT2D eigenvalue weighted by molar-refractivity contribution is -0.134. The summed E-state index contributed by atoms with van der Waals surface area (Å²) in [5.41, 5.74) is 1.28. The van der Waals surface area contributed by atoms with Crippen LogP contribution in [0.5, 0.6) is 11.5 Å². The van der Waals surface area contributed by atoms with E-state index >= 15 is 0 Å². The average molecular weight is 448 g/mol. The van der Waals surface area contributed by atoms with Gasteiger partial charge >= 0.3 is 5.97 Å². The summed E-state index contributed by atoms with van der Waals surface area (Å²) in [5.74, 6) is 0.946. The van der Waals surface area contributed by atoms with Crippen LogP contribution in [0.25, 0.3) is 11.4 Å². The fourth-order valence-electron chi connectivity index (χ4n) is 2.23. The van der Waals surface area contributed by atoms with Gasteiger partial charge in [-0.05, 0) is 40.4 Å². The summed E-state index contributed by atoms with van der Waals surface area (Å²) in [6.07, 6.45) is 0.317. The third-order valence-electron chi connectivity index (χ3n) is 3.44. The van der Waals surface area contributed by atoms with Crippen molar-refractivity contribution in [3.8, 4) is 29.0 Å². The second-order valence-corrected chi connectivity index (χ2v) is 6.96. The van der Waals surface area contributed by atoms with E-state index < -0.39 is 5.97 Å². The Labute approximate surface area is 167 Å². The zero-order chi connectivity index (χ0) is 19.2. The zero-order valence-corrected chi connectivity index (χ0v) is 16.7. The van der Waals surface area contributed by atoms with Crippen LogP contribution in [-0.2, 0) is 11.2 Å². The van der Waals surface area contributed by atoms with Crippen molar-refractivity contribution in [3.63, 3.8) is 0 Å². The van der Waals surface area contributed by atoms with Gasteiger partial charge in [-0.25, -0.2) is 0 Å². The molecule has 0 saturated heterocycles. The number of rotatable bonds is 7. The summed E-state index contributed by atoms with van der Waals surface area (Å²) in [6.45, 7) is 2.18. The maximum absolute atomic E-state index is 12.2. The van der Waals surface area contributed by atoms with Gasteiger partial charge in [-0.2, -0.15) is 21.6 Å². The molecule has 2 aromatic heterocycles. The van der Waals surface area contributed by atoms with E-state index in [1.54, 1.807) is 24.3 Å². The lowest BCUT2D eigenvalue weighted by Gasteiger charge is -2.12. The maximum Gasteiger partial charge on any atom is 0.311 e. The Bertz CT molecular complexity index is 979. The van der Waals surface area contributed by atoms with E-state index in [1.165, 1.54) is 6.07 Å². The summed E-state index contributed by atoms with van der Waals surface area (Å²) in [7, 11) is 0. The first-order valence-corrected chi connectivity index (χ1v) is 9.76. The SMILES string of the molecule is CCOc1cc(C#N)cc(Br)c1OC(=O)CCc1nc(-c2ccsc2)no1. The van der Waals surface area contributed by atoms with Gasteiger partial charge in [-0.1, -0.05) is 5.16 Å². The quantitative estimate of drug-likeness (QED) is 0.391. The number of carbonyl (C=O) groups excluding carboxylic acids is 1. The lowest BCUT2D eigenvalue weighted by atomic mass is 10.2. The maximum atomic E-state index is 12.2. The molecule has 3 aromatic rings. The first kappa shape index (κ1) is 19.1. The Kier molecular flexibility index (Phi) is 6.21. The normalized spacial score (nSPS) is 10.4. The Balaban J connectivity index is 1.65. The van der Waals surface area contributed by atoms with Crippen LogP contribution in [0.15, 0.2) is 38.0 Å². The topological polar surface area (TPSA) is 98.2 Å². The molecule has 1 aromatic carbocycles. The number of ether oxygens (including phenoxy) is 2. The molecule has 9 heteroatoms. The molecule has 0 fully saturated rings. The summed E-state index contributed by atoms with van der Waals surface area (Å²) in [5, 5.41) is 16.8. The van der Waals surface area contributed by atoms with Crippen molar-refractivity contribution in [1.29, 1.82) is 5.26 Å². The molecule has 0 aliphatic heterocycles. The molecule has 0 aliphatic rings. The monoisotopic (exact) mass is 447 g/mol. The lowest BCUT2D eigenvalue weighted by Crippen LogP contribution is -2.11. The smallest absolute Gasteiger partial charge is 0.311 e. The highest BCUT2D eigenvalue weighted by molar-refractivity contribution is 9.10. The number of esters is 1. The fraction of sp³-hybridized carbons (Fsp3) is 0.222. The summed E-state index contributed by atoms with van der Waals surface area (Å²) in [4.78, 5) is 16.5. The number of thiophene rings is 1. The highest BCUT2D eigenvalue weighted by atomic mass is 79.9. The Morgan fingerprint density at radius 3 is 3.00 bits per heavy atom. The van der Waals surface area contributed by atoms with E-state index in [1.807, 2.05) is 22.9 Å². The highest BCUT2D eigenvalue weighted by Crippen LogP contribution is 2.37. The molecule has 0 saturated carbocycles. The molecule has 0 bridgehead atoms. The molecule has 3 rings (SSSR count). The number of aryl methyl sites for hydroxylation is 1. The van der Waals surface area contributed by atoms with Crippen molar-refractivity contribution in [2.24, 2.45) is 0 Å². The predicted octanol–water partition coefficient (Wildman–Crippen LogP) is 4.37. The molecule has 0 N–H and O–H groups in total. The minimum Gasteiger partial charge on any atom is -0.490 e. The average Bonchev–Trinajstić information content (AvgIpc) is 3.34. The highest BCUT2D eigenvalue weighted by Gasteiger charge is 2.17. The van der Waals surface area contributed by atoms with Crippen LogP contribution in [0.4, 0.5) is 0 Å². The van der Waals surface area contributed by atoms with Crippen LogP contribution >= 0.6 is 27.3 Å². The predicted molar refractivity (Wildman–Crippen MR) is 102 cm³/mol. The van der Waals surface area contributed by atoms with Crippen molar-refractivity contribution in [3.05, 3.63) is 44.9 Å². The molecule has 0 spiro atoms. The summed E-state index contributed by atoms with van der Waals surface area (Å²) in [6, 6.07) is 7.02. The first-order chi connectivity index (χ1) is 13.1. The van der Waals surface area contributed by atoms with Crippen molar-refractivity contribution in [2.75, 3.05) is 6.61 Å². The van der Waals surface area contributed by atoms with E-state index in [9.17, 15) is 4.79 Å². The van der Waals surface area contributed by atoms with E-state index in [0.717, 1.165) is 5.56 Å². The summed E-state index contributed by atoms with van der Waals surface area (Å²) < 4.78 is 16.5. The molecule has 0 radical (unpaired) electrons. The third kappa shape index (κ3) is 4.72. The number of benzene rings is 1. The fourth-order valence-corrected chi connectivity index (χ4v) is 3.39. The molecule has 27 heavy (non-hydrogen) atoms. The molecule has 2 heterocycles. The van der Waals surface area contributed by atoms with Crippen LogP contribution in [-0.4, -0.2) is 22.7 Å². The van der Waals surface area contributed by atoms with Gasteiger partial charge < -0.3 is 14.0 Å². The van der Waals surface area contributed by atoms with E-state index in [2.05, 4.69) is 26.1 Å². The number of halogens is 1. The van der Waals surface area contributed by atoms with Crippen molar-refractivity contribution >= 4 is 33.2 Å². The molecular weight excluding hydrogens is 434 g/mol. The number of nitrogens with zero attached hydrogens (tertiary/aromatic N) is 3. The number of aromatic nitrogens is 2. The number of nitriles is 1. The van der Waals surface area contributed by atoms with Gasteiger partial charge in [0.1, 0.15) is 0 Å². The minimum absolute atomic E-state index is 0.0588. The number of hydrogen-bond acceptors (Lipinski definition) is 8. The van der Waals surface area contributed by atoms with E-state index in [-0.39, 0.29) is 18.6 Å². The summed E-state index contributed by atoms with van der Waals surface area (Å²) >= 11 is 4.85. The standard InChI is InChI=1S/C18H14BrN3O4S/c1-2-24-14-8-11(9-20)7-13(19)17(14)25-16(23)4-3-15-21-18(22-26-15)12-5-6-27-10-12/h5-8,10H,2-4H2,1H3. The molecule has 0 aliphatic carbocycles. The van der Waals surface area contributed by atoms with Gasteiger partial charge in [-0.3, -0.25) is 4.79 Å². The van der Waals surface area contributed by atoms with Gasteiger partial charge in [0.15, 0.2) is 11.5 Å². The molecule has 0 amide bonds. The molecular formula is C18H14BrN3O4S. The van der Waals surface area contributed by atoms with E-state index in [4.69, 9.17) is 19.3 Å². The zero-order valence-electron chi connectivity index (χ0n) is 14.3. The minimum atomic E-state index is -0.475. The second-order valence-electron chi connectivity index (χ2n) is 5.33. The Hall–Kier alpha value is -2.70. The Morgan fingerprint density at radius 1 is 1.44 bits per heavy atom. The number of hydrogen-bond donors (Lipinski definition) is 0. The van der Waals surface area contributed by atoms with Gasteiger partial charge in [0, 0.05) is 23.4 Å². The molecule has 0 atom stereocenters. The van der Waals surface area contributed by atoms with E-state index in [0.29, 0.717) is 34.1 Å². The third-order valence-corrected chi connectivity index (χ3v) is 4.72. The van der Waals surface area contributed by atoms with Gasteiger partial charge in [0.05, 0.1) is 29.1 Å². The van der Waals surface area contributed by atoms with Crippen LogP contribution < -0.4 is 9.47 Å². The van der Waals surface area contributed by atoms with Crippen LogP contribution in [0.1, 0.15) is 24.8 Å². The molecule has 7 nitrogen and oxygen atoms in total. The van der Waals surface area contributed by atoms with Gasteiger partial charge in [-0.15, -0.1) is 0 Å². The first-order valence-electron chi connectivity index (χ1n) is 8.03. The van der Waals surface area contributed by atoms with Crippen molar-refractivity contribution < 1.29 is 18.8 Å². The molecule has 0 unspecified atom stereocenters. The van der Waals surface area contributed by atoms with Crippen molar-refractivity contribution in [2.45, 2.75) is 19.8 Å². The largest absolute Gasteiger partial charge is 0.490 e.